The van der Waals surface area contributed by atoms with Crippen LogP contribution in [-0.4, -0.2) is 36.6 Å². The van der Waals surface area contributed by atoms with Gasteiger partial charge < -0.3 is 15.0 Å². The van der Waals surface area contributed by atoms with Crippen LogP contribution in [0.2, 0.25) is 0 Å². The predicted molar refractivity (Wildman–Crippen MR) is 119 cm³/mol. The predicted octanol–water partition coefficient (Wildman–Crippen LogP) is 2.57. The summed E-state index contributed by atoms with van der Waals surface area (Å²) in [5, 5.41) is 5.45. The molecule has 0 saturated carbocycles. The van der Waals surface area contributed by atoms with E-state index < -0.39 is 11.9 Å². The van der Waals surface area contributed by atoms with Crippen molar-refractivity contribution in [2.75, 3.05) is 18.6 Å². The van der Waals surface area contributed by atoms with Gasteiger partial charge in [-0.2, -0.15) is 0 Å². The molecule has 0 aromatic heterocycles. The zero-order chi connectivity index (χ0) is 21.9. The second-order valence-corrected chi connectivity index (χ2v) is 6.51. The molecule has 0 saturated heterocycles. The van der Waals surface area contributed by atoms with Crippen LogP contribution in [-0.2, 0) is 20.9 Å². The molecule has 0 atom stereocenters. The molecule has 2 aromatic rings. The fourth-order valence-corrected chi connectivity index (χ4v) is 2.70. The number of amides is 2. The summed E-state index contributed by atoms with van der Waals surface area (Å²) in [4.78, 5) is 37.5. The van der Waals surface area contributed by atoms with Crippen LogP contribution >= 0.6 is 12.2 Å². The van der Waals surface area contributed by atoms with Gasteiger partial charge in [0.2, 0.25) is 5.91 Å². The van der Waals surface area contributed by atoms with Gasteiger partial charge in [0, 0.05) is 25.7 Å². The van der Waals surface area contributed by atoms with E-state index in [1.807, 2.05) is 30.3 Å². The summed E-state index contributed by atoms with van der Waals surface area (Å²) >= 11 is 5.27. The number of nitrogens with zero attached hydrogens (tertiary/aromatic N) is 1. The summed E-state index contributed by atoms with van der Waals surface area (Å²) in [5.41, 5.74) is 1.92. The number of rotatable bonds is 7. The maximum atomic E-state index is 12.7. The molecule has 2 aromatic carbocycles. The average molecular weight is 426 g/mol. The zero-order valence-corrected chi connectivity index (χ0v) is 17.6. The number of nitrogens with one attached hydrogen (secondary N) is 2. The van der Waals surface area contributed by atoms with Crippen molar-refractivity contribution in [1.29, 1.82) is 0 Å². The zero-order valence-electron chi connectivity index (χ0n) is 16.8. The first-order valence-corrected chi connectivity index (χ1v) is 9.67. The van der Waals surface area contributed by atoms with Gasteiger partial charge in [0.05, 0.1) is 17.9 Å². The number of para-hydroxylation sites is 1. The normalized spacial score (nSPS) is 10.3. The van der Waals surface area contributed by atoms with Crippen molar-refractivity contribution in [1.82, 2.24) is 10.6 Å². The minimum absolute atomic E-state index is 0.0804. The standard InChI is InChI=1S/C22H23N3O4S/c1-3-29-20(27)14-13-19(26)24-22(30)25(2)18-12-8-7-11-17(18)21(28)23-15-16-9-5-4-6-10-16/h4-14H,3,15H2,1-2H3,(H,23,28)(H,24,26,30). The number of ether oxygens (including phenoxy) is 1. The van der Waals surface area contributed by atoms with Crippen LogP contribution in [0.3, 0.4) is 0 Å². The lowest BCUT2D eigenvalue weighted by Crippen LogP contribution is -2.41. The second-order valence-electron chi connectivity index (χ2n) is 6.12. The molecule has 30 heavy (non-hydrogen) atoms. The number of esters is 1. The summed E-state index contributed by atoms with van der Waals surface area (Å²) < 4.78 is 4.72. The van der Waals surface area contributed by atoms with Crippen LogP contribution in [0.5, 0.6) is 0 Å². The van der Waals surface area contributed by atoms with Crippen molar-refractivity contribution in [3.8, 4) is 0 Å². The number of anilines is 1. The van der Waals surface area contributed by atoms with E-state index in [1.54, 1.807) is 38.2 Å². The Kier molecular flexibility index (Phi) is 8.71. The van der Waals surface area contributed by atoms with Gasteiger partial charge in [-0.15, -0.1) is 0 Å². The Bertz CT molecular complexity index is 944. The van der Waals surface area contributed by atoms with Crippen LogP contribution < -0.4 is 15.5 Å². The first-order valence-electron chi connectivity index (χ1n) is 9.27. The minimum atomic E-state index is -0.618. The number of carbonyl (C=O) groups is 3. The maximum Gasteiger partial charge on any atom is 0.330 e. The van der Waals surface area contributed by atoms with Crippen molar-refractivity contribution in [2.45, 2.75) is 13.5 Å². The van der Waals surface area contributed by atoms with Crippen molar-refractivity contribution >= 4 is 40.8 Å². The molecule has 2 N–H and O–H groups in total. The number of hydrogen-bond donors (Lipinski definition) is 2. The van der Waals surface area contributed by atoms with E-state index in [0.717, 1.165) is 17.7 Å². The Balaban J connectivity index is 2.04. The number of carbonyl (C=O) groups excluding carboxylic acids is 3. The Morgan fingerprint density at radius 3 is 2.40 bits per heavy atom. The van der Waals surface area contributed by atoms with Crippen molar-refractivity contribution < 1.29 is 19.1 Å². The van der Waals surface area contributed by atoms with Gasteiger partial charge in [-0.3, -0.25) is 14.9 Å². The van der Waals surface area contributed by atoms with Crippen LogP contribution in [0.1, 0.15) is 22.8 Å². The highest BCUT2D eigenvalue weighted by molar-refractivity contribution is 7.80. The molecule has 0 fully saturated rings. The van der Waals surface area contributed by atoms with E-state index in [2.05, 4.69) is 10.6 Å². The third-order valence-electron chi connectivity index (χ3n) is 4.00. The molecule has 0 aliphatic heterocycles. The first-order chi connectivity index (χ1) is 14.4. The number of thiocarbonyl (C=S) groups is 1. The molecule has 2 amide bonds. The van der Waals surface area contributed by atoms with Gasteiger partial charge in [-0.05, 0) is 36.8 Å². The molecule has 0 aliphatic rings. The Labute approximate surface area is 180 Å². The van der Waals surface area contributed by atoms with Crippen molar-refractivity contribution in [3.05, 3.63) is 77.9 Å². The van der Waals surface area contributed by atoms with Gasteiger partial charge in [-0.25, -0.2) is 4.79 Å². The highest BCUT2D eigenvalue weighted by Crippen LogP contribution is 2.19. The van der Waals surface area contributed by atoms with E-state index in [-0.39, 0.29) is 17.6 Å². The summed E-state index contributed by atoms with van der Waals surface area (Å²) in [6.45, 7) is 2.27. The lowest BCUT2D eigenvalue weighted by molar-refractivity contribution is -0.137. The van der Waals surface area contributed by atoms with E-state index in [0.29, 0.717) is 17.8 Å². The monoisotopic (exact) mass is 425 g/mol. The van der Waals surface area contributed by atoms with Gasteiger partial charge >= 0.3 is 5.97 Å². The maximum absolute atomic E-state index is 12.7. The third-order valence-corrected chi connectivity index (χ3v) is 4.37. The quantitative estimate of drug-likeness (QED) is 0.403. The Hall–Kier alpha value is -3.52. The van der Waals surface area contributed by atoms with Crippen LogP contribution in [0, 0.1) is 0 Å². The molecule has 156 valence electrons. The van der Waals surface area contributed by atoms with Crippen LogP contribution in [0.15, 0.2) is 66.7 Å². The minimum Gasteiger partial charge on any atom is -0.463 e. The fraction of sp³-hybridized carbons (Fsp3) is 0.182. The van der Waals surface area contributed by atoms with Gasteiger partial charge in [0.1, 0.15) is 0 Å². The summed E-state index contributed by atoms with van der Waals surface area (Å²) in [6, 6.07) is 16.5. The fourth-order valence-electron chi connectivity index (χ4n) is 2.51. The van der Waals surface area contributed by atoms with E-state index in [4.69, 9.17) is 17.0 Å². The highest BCUT2D eigenvalue weighted by Gasteiger charge is 2.17. The topological polar surface area (TPSA) is 87.7 Å². The molecule has 0 radical (unpaired) electrons. The molecule has 0 heterocycles. The molecule has 0 bridgehead atoms. The molecular weight excluding hydrogens is 402 g/mol. The van der Waals surface area contributed by atoms with E-state index in [9.17, 15) is 14.4 Å². The molecule has 8 heteroatoms. The summed E-state index contributed by atoms with van der Waals surface area (Å²) in [6.07, 6.45) is 2.06. The molecule has 7 nitrogen and oxygen atoms in total. The Morgan fingerprint density at radius 1 is 1.03 bits per heavy atom. The lowest BCUT2D eigenvalue weighted by atomic mass is 10.1. The molecule has 0 aliphatic carbocycles. The Morgan fingerprint density at radius 2 is 1.70 bits per heavy atom. The SMILES string of the molecule is CCOC(=O)C=CC(=O)NC(=S)N(C)c1ccccc1C(=O)NCc1ccccc1. The lowest BCUT2D eigenvalue weighted by Gasteiger charge is -2.22. The smallest absolute Gasteiger partial charge is 0.330 e. The molecular formula is C22H23N3O4S. The summed E-state index contributed by atoms with van der Waals surface area (Å²) in [7, 11) is 1.64. The molecule has 2 rings (SSSR count). The van der Waals surface area contributed by atoms with Crippen LogP contribution in [0.4, 0.5) is 5.69 Å². The summed E-state index contributed by atoms with van der Waals surface area (Å²) in [5.74, 6) is -1.46. The first kappa shape index (κ1) is 22.8. The largest absolute Gasteiger partial charge is 0.463 e. The van der Waals surface area contributed by atoms with Crippen LogP contribution in [0.25, 0.3) is 0 Å². The number of hydrogen-bond acceptors (Lipinski definition) is 5. The molecule has 0 unspecified atom stereocenters. The molecule has 0 spiro atoms. The highest BCUT2D eigenvalue weighted by atomic mass is 32.1. The number of benzene rings is 2. The second kappa shape index (κ2) is 11.5. The van der Waals surface area contributed by atoms with Crippen molar-refractivity contribution in [2.24, 2.45) is 0 Å². The van der Waals surface area contributed by atoms with Crippen molar-refractivity contribution in [3.63, 3.8) is 0 Å². The third kappa shape index (κ3) is 6.82. The van der Waals surface area contributed by atoms with Gasteiger partial charge in [-0.1, -0.05) is 42.5 Å². The van der Waals surface area contributed by atoms with E-state index in [1.165, 1.54) is 4.90 Å². The van der Waals surface area contributed by atoms with Gasteiger partial charge in [0.25, 0.3) is 5.91 Å². The average Bonchev–Trinajstić information content (AvgIpc) is 2.76. The van der Waals surface area contributed by atoms with Gasteiger partial charge in [0.15, 0.2) is 5.11 Å². The van der Waals surface area contributed by atoms with E-state index >= 15 is 0 Å².